The minimum atomic E-state index is -3.80. The van der Waals surface area contributed by atoms with Crippen LogP contribution in [0.2, 0.25) is 0 Å². The smallest absolute Gasteiger partial charge is 0.244 e. The van der Waals surface area contributed by atoms with Gasteiger partial charge in [0.2, 0.25) is 21.8 Å². The van der Waals surface area contributed by atoms with E-state index in [1.807, 2.05) is 52.8 Å². The van der Waals surface area contributed by atoms with E-state index in [9.17, 15) is 18.0 Å². The summed E-state index contributed by atoms with van der Waals surface area (Å²) in [7, 11) is -2.24. The Bertz CT molecular complexity index is 1170. The highest BCUT2D eigenvalue weighted by Crippen LogP contribution is 2.29. The van der Waals surface area contributed by atoms with E-state index < -0.39 is 34.1 Å². The second kappa shape index (κ2) is 11.8. The lowest BCUT2D eigenvalue weighted by Gasteiger charge is -2.33. The summed E-state index contributed by atoms with van der Waals surface area (Å²) in [6, 6.07) is 13.5. The van der Waals surface area contributed by atoms with Crippen molar-refractivity contribution in [3.05, 3.63) is 59.7 Å². The Morgan fingerprint density at radius 3 is 2.22 bits per heavy atom. The first-order chi connectivity index (χ1) is 16.6. The van der Waals surface area contributed by atoms with Crippen LogP contribution in [-0.4, -0.2) is 56.6 Å². The van der Waals surface area contributed by atoms with Gasteiger partial charge in [-0.1, -0.05) is 44.2 Å². The Labute approximate surface area is 215 Å². The lowest BCUT2D eigenvalue weighted by atomic mass is 10.0. The van der Waals surface area contributed by atoms with Crippen molar-refractivity contribution in [2.45, 2.75) is 65.6 Å². The molecular formula is C27H39N3O5S. The van der Waals surface area contributed by atoms with Gasteiger partial charge in [0.25, 0.3) is 0 Å². The molecule has 2 rings (SSSR count). The molecule has 9 heteroatoms. The first kappa shape index (κ1) is 29.2. The van der Waals surface area contributed by atoms with E-state index in [1.54, 1.807) is 44.4 Å². The quantitative estimate of drug-likeness (QED) is 0.515. The molecule has 198 valence electrons. The van der Waals surface area contributed by atoms with Crippen LogP contribution in [0.15, 0.2) is 48.5 Å². The summed E-state index contributed by atoms with van der Waals surface area (Å²) in [5, 5.41) is 2.91. The van der Waals surface area contributed by atoms with Crippen molar-refractivity contribution < 1.29 is 22.7 Å². The molecule has 0 bridgehead atoms. The van der Waals surface area contributed by atoms with Gasteiger partial charge in [0, 0.05) is 12.1 Å². The average molecular weight is 518 g/mol. The van der Waals surface area contributed by atoms with Crippen molar-refractivity contribution in [3.8, 4) is 5.75 Å². The van der Waals surface area contributed by atoms with Crippen molar-refractivity contribution in [3.63, 3.8) is 0 Å². The summed E-state index contributed by atoms with van der Waals surface area (Å²) in [5.41, 5.74) is 1.53. The van der Waals surface area contributed by atoms with Crippen LogP contribution in [0, 0.1) is 0 Å². The molecule has 0 aliphatic rings. The molecule has 2 amide bonds. The van der Waals surface area contributed by atoms with Crippen LogP contribution in [0.5, 0.6) is 5.75 Å². The third kappa shape index (κ3) is 7.98. The highest BCUT2D eigenvalue weighted by atomic mass is 32.2. The molecule has 2 aromatic carbocycles. The molecule has 1 N–H and O–H groups in total. The molecule has 0 saturated heterocycles. The second-order valence-electron chi connectivity index (χ2n) is 10.3. The number of nitrogens with zero attached hydrogens (tertiary/aromatic N) is 2. The molecular weight excluding hydrogens is 478 g/mol. The number of hydrogen-bond acceptors (Lipinski definition) is 5. The fraction of sp³-hybridized carbons (Fsp3) is 0.481. The number of hydrogen-bond donors (Lipinski definition) is 1. The van der Waals surface area contributed by atoms with E-state index in [1.165, 1.54) is 4.90 Å². The number of rotatable bonds is 10. The number of sulfonamides is 1. The summed E-state index contributed by atoms with van der Waals surface area (Å²) in [5.74, 6) is -0.147. The van der Waals surface area contributed by atoms with Crippen LogP contribution < -0.4 is 14.4 Å². The topological polar surface area (TPSA) is 96.0 Å². The average Bonchev–Trinajstić information content (AvgIpc) is 2.78. The standard InChI is InChI=1S/C27H39N3O5S/c1-19(2)23-14-9-10-15-24(23)30(36(8,33)34)18-25(31)29(20(3)26(32)28-27(4,5)6)17-21-12-11-13-22(16-21)35-7/h9-16,19-20H,17-18H2,1-8H3,(H,28,32)/t20-/m1/s1. The molecule has 36 heavy (non-hydrogen) atoms. The Kier molecular flexibility index (Phi) is 9.54. The van der Waals surface area contributed by atoms with Crippen LogP contribution in [0.25, 0.3) is 0 Å². The lowest BCUT2D eigenvalue weighted by Crippen LogP contribution is -2.54. The number of methoxy groups -OCH3 is 1. The summed E-state index contributed by atoms with van der Waals surface area (Å²) in [4.78, 5) is 28.2. The Hall–Kier alpha value is -3.07. The molecule has 0 radical (unpaired) electrons. The molecule has 0 aliphatic carbocycles. The first-order valence-electron chi connectivity index (χ1n) is 11.9. The fourth-order valence-electron chi connectivity index (χ4n) is 3.82. The van der Waals surface area contributed by atoms with Crippen LogP contribution in [0.1, 0.15) is 58.6 Å². The minimum Gasteiger partial charge on any atom is -0.497 e. The predicted molar refractivity (Wildman–Crippen MR) is 144 cm³/mol. The van der Waals surface area contributed by atoms with Gasteiger partial charge in [-0.3, -0.25) is 13.9 Å². The third-order valence-corrected chi connectivity index (χ3v) is 6.79. The summed E-state index contributed by atoms with van der Waals surface area (Å²) in [6.45, 7) is 10.8. The first-order valence-corrected chi connectivity index (χ1v) is 13.8. The minimum absolute atomic E-state index is 0.0462. The number of carbonyl (C=O) groups excluding carboxylic acids is 2. The van der Waals surface area contributed by atoms with E-state index in [0.717, 1.165) is 21.7 Å². The Morgan fingerprint density at radius 2 is 1.67 bits per heavy atom. The highest BCUT2D eigenvalue weighted by Gasteiger charge is 2.32. The van der Waals surface area contributed by atoms with E-state index >= 15 is 0 Å². The lowest BCUT2D eigenvalue weighted by molar-refractivity contribution is -0.140. The number of carbonyl (C=O) groups is 2. The van der Waals surface area contributed by atoms with Crippen LogP contribution in [-0.2, 0) is 26.2 Å². The van der Waals surface area contributed by atoms with Gasteiger partial charge < -0.3 is 15.0 Å². The molecule has 0 saturated carbocycles. The van der Waals surface area contributed by atoms with Crippen molar-refractivity contribution in [2.75, 3.05) is 24.2 Å². The molecule has 0 unspecified atom stereocenters. The molecule has 0 aromatic heterocycles. The number of benzene rings is 2. The zero-order chi connectivity index (χ0) is 27.3. The van der Waals surface area contributed by atoms with Gasteiger partial charge in [0.15, 0.2) is 0 Å². The number of amides is 2. The highest BCUT2D eigenvalue weighted by molar-refractivity contribution is 7.92. The van der Waals surface area contributed by atoms with E-state index in [2.05, 4.69) is 5.32 Å². The van der Waals surface area contributed by atoms with E-state index in [-0.39, 0.29) is 18.4 Å². The number of nitrogens with one attached hydrogen (secondary N) is 1. The summed E-state index contributed by atoms with van der Waals surface area (Å²) < 4.78 is 32.1. The fourth-order valence-corrected chi connectivity index (χ4v) is 4.69. The van der Waals surface area contributed by atoms with Crippen LogP contribution in [0.4, 0.5) is 5.69 Å². The number of para-hydroxylation sites is 1. The molecule has 1 atom stereocenters. The second-order valence-corrected chi connectivity index (χ2v) is 12.2. The van der Waals surface area contributed by atoms with Crippen LogP contribution in [0.3, 0.4) is 0 Å². The molecule has 0 fully saturated rings. The monoisotopic (exact) mass is 517 g/mol. The number of ether oxygens (including phenoxy) is 1. The predicted octanol–water partition coefficient (Wildman–Crippen LogP) is 3.92. The van der Waals surface area contributed by atoms with Gasteiger partial charge in [0.1, 0.15) is 18.3 Å². The number of anilines is 1. The SMILES string of the molecule is COc1cccc(CN(C(=O)CN(c2ccccc2C(C)C)S(C)(=O)=O)[C@H](C)C(=O)NC(C)(C)C)c1. The van der Waals surface area contributed by atoms with E-state index in [0.29, 0.717) is 11.4 Å². The Morgan fingerprint density at radius 1 is 1.03 bits per heavy atom. The summed E-state index contributed by atoms with van der Waals surface area (Å²) in [6.07, 6.45) is 1.08. The zero-order valence-corrected chi connectivity index (χ0v) is 23.3. The van der Waals surface area contributed by atoms with Gasteiger partial charge in [-0.25, -0.2) is 8.42 Å². The molecule has 0 spiro atoms. The largest absolute Gasteiger partial charge is 0.497 e. The maximum absolute atomic E-state index is 13.7. The van der Waals surface area contributed by atoms with E-state index in [4.69, 9.17) is 4.74 Å². The zero-order valence-electron chi connectivity index (χ0n) is 22.5. The van der Waals surface area contributed by atoms with Crippen molar-refractivity contribution in [1.82, 2.24) is 10.2 Å². The van der Waals surface area contributed by atoms with Crippen LogP contribution >= 0.6 is 0 Å². The molecule has 0 heterocycles. The van der Waals surface area contributed by atoms with Gasteiger partial charge in [-0.05, 0) is 62.9 Å². The third-order valence-electron chi connectivity index (χ3n) is 5.66. The van der Waals surface area contributed by atoms with Gasteiger partial charge in [0.05, 0.1) is 19.1 Å². The maximum Gasteiger partial charge on any atom is 0.244 e. The van der Waals surface area contributed by atoms with Gasteiger partial charge in [-0.2, -0.15) is 0 Å². The van der Waals surface area contributed by atoms with Crippen molar-refractivity contribution in [2.24, 2.45) is 0 Å². The molecule has 2 aromatic rings. The normalized spacial score (nSPS) is 12.7. The maximum atomic E-state index is 13.7. The molecule has 0 aliphatic heterocycles. The molecule has 8 nitrogen and oxygen atoms in total. The Balaban J connectivity index is 2.49. The van der Waals surface area contributed by atoms with Gasteiger partial charge in [-0.15, -0.1) is 0 Å². The van der Waals surface area contributed by atoms with Gasteiger partial charge >= 0.3 is 0 Å². The van der Waals surface area contributed by atoms with Crippen molar-refractivity contribution in [1.29, 1.82) is 0 Å². The van der Waals surface area contributed by atoms with Crippen molar-refractivity contribution >= 4 is 27.5 Å². The summed E-state index contributed by atoms with van der Waals surface area (Å²) >= 11 is 0.